The lowest BCUT2D eigenvalue weighted by Crippen LogP contribution is -2.34. The van der Waals surface area contributed by atoms with Crippen molar-refractivity contribution in [2.45, 2.75) is 13.0 Å². The zero-order valence-corrected chi connectivity index (χ0v) is 13.8. The molecule has 0 saturated heterocycles. The van der Waals surface area contributed by atoms with Gasteiger partial charge in [-0.2, -0.15) is 0 Å². The number of hydrogen-bond acceptors (Lipinski definition) is 2. The molecule has 0 atom stereocenters. The normalized spacial score (nSPS) is 14.3. The van der Waals surface area contributed by atoms with Crippen molar-refractivity contribution in [1.29, 1.82) is 0 Å². The summed E-state index contributed by atoms with van der Waals surface area (Å²) in [6.45, 7) is 1.39. The molecular formula is C19H16ClN3O. The summed E-state index contributed by atoms with van der Waals surface area (Å²) in [5.41, 5.74) is 4.04. The van der Waals surface area contributed by atoms with Gasteiger partial charge in [-0.05, 0) is 35.8 Å². The number of aromatic nitrogens is 2. The lowest BCUT2D eigenvalue weighted by atomic mass is 10.00. The van der Waals surface area contributed by atoms with Gasteiger partial charge >= 0.3 is 0 Å². The van der Waals surface area contributed by atoms with Gasteiger partial charge in [-0.15, -0.1) is 0 Å². The first-order valence-electron chi connectivity index (χ1n) is 7.89. The molecule has 0 bridgehead atoms. The second kappa shape index (κ2) is 6.13. The summed E-state index contributed by atoms with van der Waals surface area (Å²) in [5, 5.41) is 0.397. The smallest absolute Gasteiger partial charge is 0.246 e. The van der Waals surface area contributed by atoms with E-state index in [9.17, 15) is 4.79 Å². The quantitative estimate of drug-likeness (QED) is 0.670. The molecule has 1 aromatic carbocycles. The largest absolute Gasteiger partial charge is 0.334 e. The van der Waals surface area contributed by atoms with Crippen molar-refractivity contribution in [3.8, 4) is 0 Å². The lowest BCUT2D eigenvalue weighted by Gasteiger charge is -2.27. The molecule has 4 rings (SSSR count). The van der Waals surface area contributed by atoms with E-state index < -0.39 is 0 Å². The number of benzene rings is 1. The van der Waals surface area contributed by atoms with E-state index in [2.05, 4.69) is 17.1 Å². The first-order chi connectivity index (χ1) is 11.7. The molecule has 0 N–H and O–H groups in total. The van der Waals surface area contributed by atoms with Crippen LogP contribution < -0.4 is 0 Å². The van der Waals surface area contributed by atoms with Crippen LogP contribution in [0.1, 0.15) is 16.8 Å². The molecule has 120 valence electrons. The van der Waals surface area contributed by atoms with Crippen LogP contribution >= 0.6 is 11.6 Å². The summed E-state index contributed by atoms with van der Waals surface area (Å²) in [7, 11) is 0. The van der Waals surface area contributed by atoms with Crippen LogP contribution in [-0.2, 0) is 17.8 Å². The Labute approximate surface area is 145 Å². The van der Waals surface area contributed by atoms with Crippen molar-refractivity contribution in [1.82, 2.24) is 14.3 Å². The number of amides is 1. The number of carbonyl (C=O) groups is 1. The van der Waals surface area contributed by atoms with E-state index in [0.717, 1.165) is 24.3 Å². The highest BCUT2D eigenvalue weighted by Crippen LogP contribution is 2.21. The van der Waals surface area contributed by atoms with Crippen LogP contribution in [0.3, 0.4) is 0 Å². The van der Waals surface area contributed by atoms with E-state index >= 15 is 0 Å². The minimum absolute atomic E-state index is 0.00792. The van der Waals surface area contributed by atoms with E-state index in [4.69, 9.17) is 11.6 Å². The third-order valence-corrected chi connectivity index (χ3v) is 4.63. The highest BCUT2D eigenvalue weighted by atomic mass is 35.5. The fourth-order valence-corrected chi connectivity index (χ4v) is 3.32. The number of carbonyl (C=O) groups excluding carboxylic acids is 1. The summed E-state index contributed by atoms with van der Waals surface area (Å²) in [5.74, 6) is -0.00792. The van der Waals surface area contributed by atoms with E-state index in [-0.39, 0.29) is 5.91 Å². The van der Waals surface area contributed by atoms with Crippen LogP contribution in [0, 0.1) is 0 Å². The predicted octanol–water partition coefficient (Wildman–Crippen LogP) is 3.59. The number of fused-ring (bicyclic) bond motifs is 2. The molecule has 3 heterocycles. The standard InChI is InChI=1S/C19H16ClN3O/c20-19-16(23-11-4-3-7-17(23)21-19)8-9-18(24)22-12-10-14-5-1-2-6-15(14)13-22/h1-9,11H,10,12-13H2/b9-8+. The van der Waals surface area contributed by atoms with E-state index in [1.165, 1.54) is 11.1 Å². The number of hydrogen-bond donors (Lipinski definition) is 0. The maximum absolute atomic E-state index is 12.5. The molecule has 1 aliphatic heterocycles. The first kappa shape index (κ1) is 15.0. The molecule has 3 aromatic rings. The van der Waals surface area contributed by atoms with Crippen LogP contribution in [0.4, 0.5) is 0 Å². The van der Waals surface area contributed by atoms with Gasteiger partial charge in [-0.25, -0.2) is 4.98 Å². The van der Waals surface area contributed by atoms with Gasteiger partial charge < -0.3 is 4.90 Å². The van der Waals surface area contributed by atoms with E-state index in [0.29, 0.717) is 11.7 Å². The predicted molar refractivity (Wildman–Crippen MR) is 94.8 cm³/mol. The second-order valence-electron chi connectivity index (χ2n) is 5.83. The number of nitrogens with zero attached hydrogens (tertiary/aromatic N) is 3. The third-order valence-electron chi connectivity index (χ3n) is 4.35. The SMILES string of the molecule is O=C(/C=C/c1c(Cl)nc2ccccn12)N1CCc2ccccc2C1. The Morgan fingerprint density at radius 1 is 1.12 bits per heavy atom. The highest BCUT2D eigenvalue weighted by molar-refractivity contribution is 6.31. The molecule has 1 amide bonds. The van der Waals surface area contributed by atoms with Gasteiger partial charge in [0, 0.05) is 25.4 Å². The summed E-state index contributed by atoms with van der Waals surface area (Å²) < 4.78 is 1.87. The molecule has 24 heavy (non-hydrogen) atoms. The maximum atomic E-state index is 12.5. The summed E-state index contributed by atoms with van der Waals surface area (Å²) >= 11 is 6.20. The van der Waals surface area contributed by atoms with Gasteiger partial charge in [0.05, 0.1) is 5.69 Å². The Kier molecular flexibility index (Phi) is 3.82. The fraction of sp³-hybridized carbons (Fsp3) is 0.158. The van der Waals surface area contributed by atoms with Gasteiger partial charge in [0.15, 0.2) is 5.15 Å². The zero-order valence-electron chi connectivity index (χ0n) is 13.0. The summed E-state index contributed by atoms with van der Waals surface area (Å²) in [4.78, 5) is 18.7. The molecule has 0 radical (unpaired) electrons. The van der Waals surface area contributed by atoms with Crippen molar-refractivity contribution in [3.63, 3.8) is 0 Å². The van der Waals surface area contributed by atoms with Crippen LogP contribution in [0.5, 0.6) is 0 Å². The molecule has 1 aliphatic rings. The van der Waals surface area contributed by atoms with Crippen molar-refractivity contribution in [2.24, 2.45) is 0 Å². The average molecular weight is 338 g/mol. The Morgan fingerprint density at radius 2 is 1.92 bits per heavy atom. The number of rotatable bonds is 2. The molecule has 0 unspecified atom stereocenters. The van der Waals surface area contributed by atoms with Gasteiger partial charge in [-0.1, -0.05) is 41.9 Å². The lowest BCUT2D eigenvalue weighted by molar-refractivity contribution is -0.126. The van der Waals surface area contributed by atoms with Crippen molar-refractivity contribution >= 4 is 29.2 Å². The second-order valence-corrected chi connectivity index (χ2v) is 6.19. The highest BCUT2D eigenvalue weighted by Gasteiger charge is 2.18. The van der Waals surface area contributed by atoms with Crippen LogP contribution in [0.25, 0.3) is 11.7 Å². The topological polar surface area (TPSA) is 37.6 Å². The summed E-state index contributed by atoms with van der Waals surface area (Å²) in [6.07, 6.45) is 6.10. The minimum atomic E-state index is -0.00792. The molecule has 4 nitrogen and oxygen atoms in total. The number of imidazole rings is 1. The molecule has 5 heteroatoms. The van der Waals surface area contributed by atoms with Gasteiger partial charge in [0.2, 0.25) is 5.91 Å². The number of pyridine rings is 1. The fourth-order valence-electron chi connectivity index (χ4n) is 3.07. The Morgan fingerprint density at radius 3 is 2.79 bits per heavy atom. The maximum Gasteiger partial charge on any atom is 0.246 e. The molecule has 0 fully saturated rings. The molecular weight excluding hydrogens is 322 g/mol. The van der Waals surface area contributed by atoms with Crippen LogP contribution in [-0.4, -0.2) is 26.7 Å². The van der Waals surface area contributed by atoms with Gasteiger partial charge in [0.1, 0.15) is 5.65 Å². The zero-order chi connectivity index (χ0) is 16.5. The Bertz CT molecular complexity index is 945. The third kappa shape index (κ3) is 2.69. The van der Waals surface area contributed by atoms with E-state index in [1.807, 2.05) is 45.8 Å². The van der Waals surface area contributed by atoms with Crippen LogP contribution in [0.2, 0.25) is 5.15 Å². The first-order valence-corrected chi connectivity index (χ1v) is 8.26. The molecule has 0 spiro atoms. The van der Waals surface area contributed by atoms with E-state index in [1.54, 1.807) is 12.2 Å². The molecule has 0 aliphatic carbocycles. The van der Waals surface area contributed by atoms with Crippen molar-refractivity contribution in [2.75, 3.05) is 6.54 Å². The Hall–Kier alpha value is -2.59. The van der Waals surface area contributed by atoms with Crippen molar-refractivity contribution < 1.29 is 4.79 Å². The summed E-state index contributed by atoms with van der Waals surface area (Å²) in [6, 6.07) is 14.0. The molecule has 2 aromatic heterocycles. The van der Waals surface area contributed by atoms with Crippen LogP contribution in [0.15, 0.2) is 54.7 Å². The minimum Gasteiger partial charge on any atom is -0.334 e. The molecule has 0 saturated carbocycles. The number of halogens is 1. The Balaban J connectivity index is 1.56. The van der Waals surface area contributed by atoms with Gasteiger partial charge in [-0.3, -0.25) is 9.20 Å². The van der Waals surface area contributed by atoms with Gasteiger partial charge in [0.25, 0.3) is 0 Å². The average Bonchev–Trinajstić information content (AvgIpc) is 2.94. The monoisotopic (exact) mass is 337 g/mol. The van der Waals surface area contributed by atoms with Crippen molar-refractivity contribution in [3.05, 3.63) is 76.7 Å².